The first-order valence-electron chi connectivity index (χ1n) is 11.6. The Morgan fingerprint density at radius 2 is 1.61 bits per heavy atom. The summed E-state index contributed by atoms with van der Waals surface area (Å²) in [5.74, 6) is 4.38. The van der Waals surface area contributed by atoms with Crippen molar-refractivity contribution in [3.05, 3.63) is 82.2 Å². The first kappa shape index (κ1) is 22.9. The molecule has 0 atom stereocenters. The largest absolute Gasteiger partial charge is 0.206 e. The third-order valence-electron chi connectivity index (χ3n) is 6.79. The maximum Gasteiger partial charge on any atom is 0.148 e. The van der Waals surface area contributed by atoms with Crippen molar-refractivity contribution >= 4 is 10.8 Å². The van der Waals surface area contributed by atoms with E-state index in [-0.39, 0.29) is 22.4 Å². The first-order valence-corrected chi connectivity index (χ1v) is 11.6. The Labute approximate surface area is 193 Å². The number of halogens is 3. The zero-order valence-electron chi connectivity index (χ0n) is 18.7. The Morgan fingerprint density at radius 1 is 0.879 bits per heavy atom. The molecule has 1 aliphatic carbocycles. The molecule has 0 saturated heterocycles. The molecule has 0 unspecified atom stereocenters. The van der Waals surface area contributed by atoms with Crippen molar-refractivity contribution in [3.8, 4) is 17.9 Å². The van der Waals surface area contributed by atoms with Gasteiger partial charge in [-0.2, -0.15) is 5.26 Å². The molecule has 4 rings (SSSR count). The van der Waals surface area contributed by atoms with Crippen molar-refractivity contribution in [1.82, 2.24) is 0 Å². The third-order valence-corrected chi connectivity index (χ3v) is 6.79. The van der Waals surface area contributed by atoms with Crippen LogP contribution in [0.15, 0.2) is 42.5 Å². The molecule has 1 fully saturated rings. The van der Waals surface area contributed by atoms with Gasteiger partial charge in [0, 0.05) is 16.3 Å². The molecule has 0 radical (unpaired) electrons. The highest BCUT2D eigenvalue weighted by atomic mass is 19.1. The molecule has 3 aromatic rings. The number of hydrogen-bond donors (Lipinski definition) is 0. The maximum atomic E-state index is 14.9. The highest BCUT2D eigenvalue weighted by molar-refractivity contribution is 5.90. The van der Waals surface area contributed by atoms with Crippen LogP contribution in [0.5, 0.6) is 0 Å². The van der Waals surface area contributed by atoms with Crippen LogP contribution in [0.4, 0.5) is 13.2 Å². The van der Waals surface area contributed by atoms with Crippen molar-refractivity contribution in [2.45, 2.75) is 57.8 Å². The highest BCUT2D eigenvalue weighted by Crippen LogP contribution is 2.38. The second-order valence-electron chi connectivity index (χ2n) is 8.91. The third kappa shape index (κ3) is 4.91. The van der Waals surface area contributed by atoms with E-state index < -0.39 is 17.5 Å². The van der Waals surface area contributed by atoms with E-state index in [9.17, 15) is 13.2 Å². The topological polar surface area (TPSA) is 23.8 Å². The van der Waals surface area contributed by atoms with E-state index in [1.807, 2.05) is 6.07 Å². The average molecular weight is 446 g/mol. The Balaban J connectivity index is 1.58. The Kier molecular flexibility index (Phi) is 7.05. The predicted octanol–water partition coefficient (Wildman–Crippen LogP) is 7.99. The standard InChI is InChI=1S/C29H26F3N/c1-2-3-5-19-8-10-20(11-9-19)23-16-27(30)26(28(31)17-23)15-12-21-6-4-7-25-24(21)14-13-22(18-33)29(25)32/h4,6-7,13-14,16-17,19-20H,2-3,5,8-11H2,1H3. The van der Waals surface area contributed by atoms with Gasteiger partial charge >= 0.3 is 0 Å². The minimum atomic E-state index is -0.663. The molecule has 0 aromatic heterocycles. The van der Waals surface area contributed by atoms with E-state index in [1.165, 1.54) is 37.5 Å². The van der Waals surface area contributed by atoms with Crippen LogP contribution in [0, 0.1) is 46.5 Å². The second kappa shape index (κ2) is 10.1. The van der Waals surface area contributed by atoms with Crippen molar-refractivity contribution in [2.75, 3.05) is 0 Å². The molecule has 0 spiro atoms. The van der Waals surface area contributed by atoms with Gasteiger partial charge in [-0.3, -0.25) is 0 Å². The van der Waals surface area contributed by atoms with Crippen LogP contribution < -0.4 is 0 Å². The van der Waals surface area contributed by atoms with Crippen LogP contribution in [0.25, 0.3) is 10.8 Å². The quantitative estimate of drug-likeness (QED) is 0.373. The van der Waals surface area contributed by atoms with E-state index in [0.717, 1.165) is 31.6 Å². The Hall–Kier alpha value is -3.24. The molecule has 0 bridgehead atoms. The lowest BCUT2D eigenvalue weighted by Gasteiger charge is -2.29. The van der Waals surface area contributed by atoms with Crippen molar-refractivity contribution in [3.63, 3.8) is 0 Å². The summed E-state index contributed by atoms with van der Waals surface area (Å²) in [5.41, 5.74) is 0.825. The molecule has 4 heteroatoms. The van der Waals surface area contributed by atoms with Gasteiger partial charge in [-0.15, -0.1) is 0 Å². The molecule has 0 aliphatic heterocycles. The highest BCUT2D eigenvalue weighted by Gasteiger charge is 2.23. The minimum Gasteiger partial charge on any atom is -0.206 e. The summed E-state index contributed by atoms with van der Waals surface area (Å²) in [6.45, 7) is 2.20. The summed E-state index contributed by atoms with van der Waals surface area (Å²) in [6, 6.07) is 12.5. The number of rotatable bonds is 4. The van der Waals surface area contributed by atoms with Gasteiger partial charge in [-0.05, 0) is 67.3 Å². The number of benzene rings is 3. The molecular formula is C29H26F3N. The van der Waals surface area contributed by atoms with Gasteiger partial charge in [0.05, 0.1) is 11.1 Å². The molecule has 0 amide bonds. The van der Waals surface area contributed by atoms with Crippen LogP contribution in [0.3, 0.4) is 0 Å². The SMILES string of the molecule is CCCCC1CCC(c2cc(F)c(C#Cc3cccc4c(F)c(C#N)ccc34)c(F)c2)CC1. The number of unbranched alkanes of at least 4 members (excludes halogenated alkanes) is 1. The predicted molar refractivity (Wildman–Crippen MR) is 125 cm³/mol. The van der Waals surface area contributed by atoms with Gasteiger partial charge in [-0.1, -0.05) is 56.2 Å². The average Bonchev–Trinajstić information content (AvgIpc) is 2.83. The molecule has 1 nitrogen and oxygen atoms in total. The molecule has 3 aromatic carbocycles. The van der Waals surface area contributed by atoms with Crippen LogP contribution in [-0.4, -0.2) is 0 Å². The fourth-order valence-electron chi connectivity index (χ4n) is 4.87. The minimum absolute atomic E-state index is 0.0558. The molecule has 33 heavy (non-hydrogen) atoms. The van der Waals surface area contributed by atoms with E-state index in [2.05, 4.69) is 18.8 Å². The Morgan fingerprint density at radius 3 is 2.27 bits per heavy atom. The monoisotopic (exact) mass is 445 g/mol. The molecule has 0 N–H and O–H groups in total. The van der Waals surface area contributed by atoms with Gasteiger partial charge in [0.2, 0.25) is 0 Å². The lowest BCUT2D eigenvalue weighted by Crippen LogP contribution is -2.14. The van der Waals surface area contributed by atoms with Crippen LogP contribution in [-0.2, 0) is 0 Å². The van der Waals surface area contributed by atoms with Crippen LogP contribution in [0.2, 0.25) is 0 Å². The van der Waals surface area contributed by atoms with E-state index in [1.54, 1.807) is 24.3 Å². The fourth-order valence-corrected chi connectivity index (χ4v) is 4.87. The normalized spacial score (nSPS) is 17.9. The summed E-state index contributed by atoms with van der Waals surface area (Å²) in [4.78, 5) is 0. The number of hydrogen-bond acceptors (Lipinski definition) is 1. The number of nitrogens with zero attached hydrogens (tertiary/aromatic N) is 1. The van der Waals surface area contributed by atoms with Gasteiger partial charge in [0.25, 0.3) is 0 Å². The molecular weight excluding hydrogens is 419 g/mol. The smallest absolute Gasteiger partial charge is 0.148 e. The van der Waals surface area contributed by atoms with Crippen LogP contribution >= 0.6 is 0 Å². The maximum absolute atomic E-state index is 14.9. The summed E-state index contributed by atoms with van der Waals surface area (Å²) in [7, 11) is 0. The number of fused-ring (bicyclic) bond motifs is 1. The van der Waals surface area contributed by atoms with Crippen molar-refractivity contribution < 1.29 is 13.2 Å². The van der Waals surface area contributed by atoms with E-state index in [0.29, 0.717) is 16.5 Å². The van der Waals surface area contributed by atoms with Gasteiger partial charge in [0.15, 0.2) is 0 Å². The lowest BCUT2D eigenvalue weighted by molar-refractivity contribution is 0.303. The van der Waals surface area contributed by atoms with Crippen molar-refractivity contribution in [1.29, 1.82) is 5.26 Å². The number of nitriles is 1. The Bertz CT molecular complexity index is 1240. The summed E-state index contributed by atoms with van der Waals surface area (Å²) in [5, 5.41) is 9.78. The van der Waals surface area contributed by atoms with E-state index >= 15 is 0 Å². The fraction of sp³-hybridized carbons (Fsp3) is 0.345. The second-order valence-corrected chi connectivity index (χ2v) is 8.91. The lowest BCUT2D eigenvalue weighted by atomic mass is 9.77. The zero-order valence-corrected chi connectivity index (χ0v) is 18.7. The first-order chi connectivity index (χ1) is 16.0. The molecule has 168 valence electrons. The zero-order chi connectivity index (χ0) is 23.4. The molecule has 0 heterocycles. The van der Waals surface area contributed by atoms with Crippen molar-refractivity contribution in [2.24, 2.45) is 5.92 Å². The summed E-state index contributed by atoms with van der Waals surface area (Å²) in [6.07, 6.45) is 7.84. The van der Waals surface area contributed by atoms with E-state index in [4.69, 9.17) is 5.26 Å². The van der Waals surface area contributed by atoms with Gasteiger partial charge in [0.1, 0.15) is 23.5 Å². The van der Waals surface area contributed by atoms with Gasteiger partial charge in [-0.25, -0.2) is 13.2 Å². The van der Waals surface area contributed by atoms with Crippen LogP contribution in [0.1, 0.15) is 80.0 Å². The van der Waals surface area contributed by atoms with Gasteiger partial charge < -0.3 is 0 Å². The molecule has 1 aliphatic rings. The summed E-state index contributed by atoms with van der Waals surface area (Å²) >= 11 is 0. The summed E-state index contributed by atoms with van der Waals surface area (Å²) < 4.78 is 44.2. The molecule has 1 saturated carbocycles.